The average Bonchev–Trinajstić information content (AvgIpc) is 3.86. The fourth-order valence-corrected chi connectivity index (χ4v) is 8.21. The molecule has 260 valence electrons. The van der Waals surface area contributed by atoms with Crippen molar-refractivity contribution in [2.45, 2.75) is 82.1 Å². The molecule has 5 heterocycles. The largest absolute Gasteiger partial charge is 0.469 e. The number of hydrogen-bond donors (Lipinski definition) is 3. The number of carbonyl (C=O) groups is 3. The van der Waals surface area contributed by atoms with E-state index in [2.05, 4.69) is 15.6 Å². The number of halogens is 1. The topological polar surface area (TPSA) is 166 Å². The van der Waals surface area contributed by atoms with Gasteiger partial charge in [-0.25, -0.2) is 9.78 Å². The number of ether oxygens (including phenoxy) is 2. The number of carbonyl (C=O) groups excluding carboxylic acids is 3. The van der Waals surface area contributed by atoms with E-state index in [1.165, 1.54) is 7.11 Å². The van der Waals surface area contributed by atoms with Crippen LogP contribution in [0.15, 0.2) is 51.3 Å². The van der Waals surface area contributed by atoms with E-state index in [1.54, 1.807) is 0 Å². The molecule has 1 aliphatic carbocycles. The minimum atomic E-state index is -1.44. The summed E-state index contributed by atoms with van der Waals surface area (Å²) in [5, 5.41) is 17.7. The highest BCUT2D eigenvalue weighted by Crippen LogP contribution is 2.59. The van der Waals surface area contributed by atoms with E-state index in [9.17, 15) is 19.5 Å². The van der Waals surface area contributed by atoms with Crippen LogP contribution < -0.4 is 15.4 Å². The monoisotopic (exact) mass is 700 g/mol. The molecule has 4 aliphatic rings. The molecule has 4 bridgehead atoms. The molecule has 2 aromatic carbocycles. The van der Waals surface area contributed by atoms with Crippen molar-refractivity contribution in [1.82, 2.24) is 15.3 Å². The molecular weight excluding hydrogens is 664 g/mol. The first-order valence-corrected chi connectivity index (χ1v) is 17.4. The Morgan fingerprint density at radius 2 is 1.84 bits per heavy atom. The van der Waals surface area contributed by atoms with Gasteiger partial charge in [-0.3, -0.25) is 9.59 Å². The van der Waals surface area contributed by atoms with Gasteiger partial charge in [-0.05, 0) is 60.0 Å². The predicted molar refractivity (Wildman–Crippen MR) is 180 cm³/mol. The molecule has 1 saturated carbocycles. The van der Waals surface area contributed by atoms with Crippen molar-refractivity contribution in [3.05, 3.63) is 81.7 Å². The molecule has 4 atom stereocenters. The molecule has 0 saturated heterocycles. The van der Waals surface area contributed by atoms with Gasteiger partial charge < -0.3 is 34.0 Å². The summed E-state index contributed by atoms with van der Waals surface area (Å²) in [5.74, 6) is -1.43. The second kappa shape index (κ2) is 12.0. The average molecular weight is 701 g/mol. The normalized spacial score (nSPS) is 24.6. The van der Waals surface area contributed by atoms with Crippen molar-refractivity contribution in [2.75, 3.05) is 12.4 Å². The van der Waals surface area contributed by atoms with Crippen molar-refractivity contribution >= 4 is 34.9 Å². The number of para-hydroxylation sites is 1. The first-order chi connectivity index (χ1) is 24.0. The van der Waals surface area contributed by atoms with Gasteiger partial charge in [0, 0.05) is 23.6 Å². The smallest absolute Gasteiger partial charge is 0.361 e. The van der Waals surface area contributed by atoms with E-state index in [1.807, 2.05) is 56.3 Å². The van der Waals surface area contributed by atoms with E-state index >= 15 is 0 Å². The number of aromatic nitrogens is 2. The molecule has 2 aromatic heterocycles. The molecular formula is C37H37ClN4O8. The molecule has 50 heavy (non-hydrogen) atoms. The first-order valence-electron chi connectivity index (χ1n) is 17.0. The lowest BCUT2D eigenvalue weighted by Gasteiger charge is -2.32. The van der Waals surface area contributed by atoms with Gasteiger partial charge >= 0.3 is 5.97 Å². The number of nitrogens with zero attached hydrogens (tertiary/aromatic N) is 2. The Morgan fingerprint density at radius 3 is 2.60 bits per heavy atom. The van der Waals surface area contributed by atoms with Gasteiger partial charge in [0.2, 0.25) is 22.7 Å². The lowest BCUT2D eigenvalue weighted by atomic mass is 9.72. The van der Waals surface area contributed by atoms with Gasteiger partial charge in [0.1, 0.15) is 22.8 Å². The van der Waals surface area contributed by atoms with Crippen LogP contribution in [0.2, 0.25) is 5.22 Å². The molecule has 0 radical (unpaired) electrons. The Bertz CT molecular complexity index is 2030. The maximum absolute atomic E-state index is 14.2. The summed E-state index contributed by atoms with van der Waals surface area (Å²) in [6.07, 6.45) is 2.75. The highest BCUT2D eigenvalue weighted by atomic mass is 35.5. The fourth-order valence-electron chi connectivity index (χ4n) is 8.02. The highest BCUT2D eigenvalue weighted by molar-refractivity contribution is 6.31. The Balaban J connectivity index is 1.34. The molecule has 13 heteroatoms. The maximum Gasteiger partial charge on any atom is 0.361 e. The van der Waals surface area contributed by atoms with Crippen LogP contribution >= 0.6 is 11.6 Å². The molecule has 8 rings (SSSR count). The third-order valence-corrected chi connectivity index (χ3v) is 10.9. The summed E-state index contributed by atoms with van der Waals surface area (Å²) in [7, 11) is 1.22. The summed E-state index contributed by atoms with van der Waals surface area (Å²) in [4.78, 5) is 49.8. The summed E-state index contributed by atoms with van der Waals surface area (Å²) in [5.41, 5.74) is 0.625. The van der Waals surface area contributed by atoms with Crippen LogP contribution in [0, 0.1) is 11.8 Å². The van der Waals surface area contributed by atoms with Gasteiger partial charge in [0.05, 0.1) is 7.11 Å². The van der Waals surface area contributed by atoms with Crippen LogP contribution in [0.5, 0.6) is 5.75 Å². The number of rotatable bonds is 6. The standard InChI is InChI=1S/C37H37ClN4O8/c1-18(2)26-32-41-27(33-42-28(30(38)50-33)34(45)47-3)29(49-32)37-21-9-5-6-10-23(21)39-35(37)48-24-12-11-19(16-22(24)37)15-20(31(44)40-26)17-25(43)36(46)13-7-4-8-14-36/h5-6,9-12,16,18,20,26,35,39,46H,4,7-8,13-15,17H2,1-3H3,(H,40,44)/t20?,26-,35-,37?/m0/s1. The van der Waals surface area contributed by atoms with Crippen molar-refractivity contribution in [2.24, 2.45) is 11.8 Å². The lowest BCUT2D eigenvalue weighted by molar-refractivity contribution is -0.144. The Hall–Kier alpha value is -4.68. The second-order valence-electron chi connectivity index (χ2n) is 14.0. The zero-order chi connectivity index (χ0) is 34.9. The zero-order valence-electron chi connectivity index (χ0n) is 27.9. The molecule has 1 fully saturated rings. The van der Waals surface area contributed by atoms with E-state index < -0.39 is 35.2 Å². The third-order valence-electron chi connectivity index (χ3n) is 10.6. The Kier molecular flexibility index (Phi) is 7.79. The van der Waals surface area contributed by atoms with Crippen LogP contribution in [0.1, 0.15) is 97.2 Å². The molecule has 4 aromatic rings. The Morgan fingerprint density at radius 1 is 1.06 bits per heavy atom. The molecule has 1 amide bonds. The molecule has 2 unspecified atom stereocenters. The van der Waals surface area contributed by atoms with Gasteiger partial charge in [-0.1, -0.05) is 63.4 Å². The number of hydrogen-bond acceptors (Lipinski definition) is 11. The van der Waals surface area contributed by atoms with Gasteiger partial charge in [0.15, 0.2) is 23.5 Å². The maximum atomic E-state index is 14.2. The van der Waals surface area contributed by atoms with Crippen LogP contribution in [-0.2, 0) is 26.2 Å². The van der Waals surface area contributed by atoms with Crippen molar-refractivity contribution in [1.29, 1.82) is 0 Å². The van der Waals surface area contributed by atoms with E-state index in [0.717, 1.165) is 41.6 Å². The number of ketones is 1. The number of anilines is 1. The number of benzene rings is 2. The van der Waals surface area contributed by atoms with E-state index in [4.69, 9.17) is 34.9 Å². The van der Waals surface area contributed by atoms with Crippen molar-refractivity contribution < 1.29 is 37.8 Å². The summed E-state index contributed by atoms with van der Waals surface area (Å²) < 4.78 is 24.1. The van der Waals surface area contributed by atoms with Crippen LogP contribution in [0.3, 0.4) is 0 Å². The molecule has 12 nitrogen and oxygen atoms in total. The number of amides is 1. The summed E-state index contributed by atoms with van der Waals surface area (Å²) >= 11 is 6.37. The first kappa shape index (κ1) is 32.5. The highest BCUT2D eigenvalue weighted by Gasteiger charge is 2.61. The van der Waals surface area contributed by atoms with Crippen molar-refractivity contribution in [3.8, 4) is 17.3 Å². The van der Waals surface area contributed by atoms with Crippen LogP contribution in [-0.4, -0.2) is 51.7 Å². The van der Waals surface area contributed by atoms with E-state index in [-0.39, 0.29) is 58.8 Å². The fraction of sp³-hybridized carbons (Fsp3) is 0.432. The van der Waals surface area contributed by atoms with Gasteiger partial charge in [0.25, 0.3) is 5.89 Å². The van der Waals surface area contributed by atoms with Crippen LogP contribution in [0.4, 0.5) is 5.69 Å². The SMILES string of the molecule is COC(=O)c1nc(-c2nc3oc2C24c5ccccc5N[C@H]2Oc2ccc(cc24)CC(CC(=O)C2(O)CCCCC2)C(=O)N[C@H]3C(C)C)oc1Cl. The number of aliphatic hydroxyl groups is 1. The lowest BCUT2D eigenvalue weighted by Crippen LogP contribution is -2.44. The number of esters is 1. The minimum Gasteiger partial charge on any atom is -0.469 e. The number of Topliss-reactive ketones (excluding diaryl/α,β-unsaturated/α-hetero) is 1. The van der Waals surface area contributed by atoms with Crippen molar-refractivity contribution in [3.63, 3.8) is 0 Å². The number of oxazole rings is 2. The minimum absolute atomic E-state index is 0.0737. The van der Waals surface area contributed by atoms with Crippen LogP contribution in [0.25, 0.3) is 11.6 Å². The quantitative estimate of drug-likeness (QED) is 0.205. The third kappa shape index (κ3) is 4.94. The van der Waals surface area contributed by atoms with E-state index in [0.29, 0.717) is 24.4 Å². The molecule has 3 aliphatic heterocycles. The summed E-state index contributed by atoms with van der Waals surface area (Å²) in [6.45, 7) is 3.85. The molecule has 1 spiro atoms. The number of fused-ring (bicyclic) bond motifs is 4. The molecule has 3 N–H and O–H groups in total. The number of methoxy groups -OCH3 is 1. The van der Waals surface area contributed by atoms with Gasteiger partial charge in [-0.15, -0.1) is 0 Å². The predicted octanol–water partition coefficient (Wildman–Crippen LogP) is 5.89. The zero-order valence-corrected chi connectivity index (χ0v) is 28.6. The summed E-state index contributed by atoms with van der Waals surface area (Å²) in [6, 6.07) is 12.8. The number of nitrogens with one attached hydrogen (secondary N) is 2. The van der Waals surface area contributed by atoms with Gasteiger partial charge in [-0.2, -0.15) is 4.98 Å². The second-order valence-corrected chi connectivity index (χ2v) is 14.4. The Labute approximate surface area is 292 Å².